The van der Waals surface area contributed by atoms with Gasteiger partial charge in [0.1, 0.15) is 4.21 Å². The number of thiophene rings is 1. The highest BCUT2D eigenvalue weighted by atomic mass is 32.2. The first-order chi connectivity index (χ1) is 14.8. The molecular weight excluding hydrogens is 434 g/mol. The number of nitrogens with zero attached hydrogens (tertiary/aromatic N) is 1. The molecule has 1 aliphatic rings. The fraction of sp³-hybridized carbons (Fsp3) is 0.273. The zero-order valence-corrected chi connectivity index (χ0v) is 18.8. The molecule has 7 nitrogen and oxygen atoms in total. The molecule has 2 amide bonds. The van der Waals surface area contributed by atoms with E-state index < -0.39 is 10.0 Å². The molecule has 1 heterocycles. The summed E-state index contributed by atoms with van der Waals surface area (Å²) in [6, 6.07) is 14.5. The number of carbonyl (C=O) groups is 2. The minimum Gasteiger partial charge on any atom is -0.347 e. The van der Waals surface area contributed by atoms with Crippen molar-refractivity contribution < 1.29 is 18.0 Å². The predicted octanol–water partition coefficient (Wildman–Crippen LogP) is 3.43. The lowest BCUT2D eigenvalue weighted by Crippen LogP contribution is -2.25. The van der Waals surface area contributed by atoms with Crippen LogP contribution in [0.3, 0.4) is 0 Å². The third-order valence-corrected chi connectivity index (χ3v) is 8.50. The number of hydrogen-bond donors (Lipinski definition) is 2. The highest BCUT2D eigenvalue weighted by Crippen LogP contribution is 2.32. The van der Waals surface area contributed by atoms with Gasteiger partial charge in [0.05, 0.1) is 17.8 Å². The minimum atomic E-state index is -3.50. The van der Waals surface area contributed by atoms with Crippen LogP contribution in [0, 0.1) is 5.92 Å². The van der Waals surface area contributed by atoms with Crippen molar-refractivity contribution in [3.05, 3.63) is 59.0 Å². The SMILES string of the molecule is CN(C)S(=O)(=O)c1ccc(CNC(=O)c2cc3ccccc3cc2NC(=O)C2CC2)s1. The Bertz CT molecular complexity index is 1260. The van der Waals surface area contributed by atoms with Crippen molar-refractivity contribution in [1.82, 2.24) is 9.62 Å². The lowest BCUT2D eigenvalue weighted by molar-refractivity contribution is -0.117. The standard InChI is InChI=1S/C22H23N3O4S2/c1-25(2)31(28,29)20-10-9-17(30-20)13-23-22(27)18-11-15-5-3-4-6-16(15)12-19(18)24-21(26)14-7-8-14/h3-6,9-12,14H,7-8,13H2,1-2H3,(H,23,27)(H,24,26). The van der Waals surface area contributed by atoms with Crippen LogP contribution >= 0.6 is 11.3 Å². The van der Waals surface area contributed by atoms with Crippen molar-refractivity contribution >= 4 is 49.6 Å². The molecule has 9 heteroatoms. The van der Waals surface area contributed by atoms with Gasteiger partial charge in [-0.15, -0.1) is 11.3 Å². The minimum absolute atomic E-state index is 0.0190. The number of hydrogen-bond acceptors (Lipinski definition) is 5. The lowest BCUT2D eigenvalue weighted by Gasteiger charge is -2.13. The Balaban J connectivity index is 1.55. The van der Waals surface area contributed by atoms with Crippen LogP contribution in [0.15, 0.2) is 52.7 Å². The number of benzene rings is 2. The number of carbonyl (C=O) groups excluding carboxylic acids is 2. The Morgan fingerprint density at radius 2 is 1.74 bits per heavy atom. The van der Waals surface area contributed by atoms with E-state index in [1.54, 1.807) is 18.2 Å². The molecule has 0 bridgehead atoms. The summed E-state index contributed by atoms with van der Waals surface area (Å²) in [5.74, 6) is -0.381. The molecule has 1 aliphatic carbocycles. The van der Waals surface area contributed by atoms with Crippen LogP contribution in [-0.4, -0.2) is 38.6 Å². The van der Waals surface area contributed by atoms with E-state index in [0.29, 0.717) is 11.3 Å². The summed E-state index contributed by atoms with van der Waals surface area (Å²) in [7, 11) is -0.542. The molecule has 162 valence electrons. The van der Waals surface area contributed by atoms with E-state index in [4.69, 9.17) is 0 Å². The van der Waals surface area contributed by atoms with Crippen molar-refractivity contribution in [2.24, 2.45) is 5.92 Å². The highest BCUT2D eigenvalue weighted by molar-refractivity contribution is 7.91. The van der Waals surface area contributed by atoms with Gasteiger partial charge in [-0.25, -0.2) is 12.7 Å². The molecule has 31 heavy (non-hydrogen) atoms. The molecule has 1 saturated carbocycles. The first kappa shape index (κ1) is 21.5. The summed E-state index contributed by atoms with van der Waals surface area (Å²) in [6.07, 6.45) is 1.75. The fourth-order valence-corrected chi connectivity index (χ4v) is 5.61. The van der Waals surface area contributed by atoms with Crippen LogP contribution in [0.5, 0.6) is 0 Å². The molecule has 0 saturated heterocycles. The summed E-state index contributed by atoms with van der Waals surface area (Å²) in [4.78, 5) is 26.0. The quantitative estimate of drug-likeness (QED) is 0.568. The number of rotatable bonds is 7. The number of anilines is 1. The maximum atomic E-state index is 13.0. The molecule has 0 spiro atoms. The smallest absolute Gasteiger partial charge is 0.253 e. The van der Waals surface area contributed by atoms with Crippen molar-refractivity contribution in [3.63, 3.8) is 0 Å². The summed E-state index contributed by atoms with van der Waals surface area (Å²) in [6.45, 7) is 0.190. The van der Waals surface area contributed by atoms with E-state index in [1.165, 1.54) is 14.1 Å². The lowest BCUT2D eigenvalue weighted by atomic mass is 10.0. The van der Waals surface area contributed by atoms with Gasteiger partial charge in [0.15, 0.2) is 0 Å². The molecule has 0 atom stereocenters. The number of amides is 2. The van der Waals surface area contributed by atoms with Crippen LogP contribution in [0.25, 0.3) is 10.8 Å². The van der Waals surface area contributed by atoms with E-state index in [0.717, 1.165) is 44.1 Å². The Morgan fingerprint density at radius 1 is 1.06 bits per heavy atom. The molecule has 2 N–H and O–H groups in total. The van der Waals surface area contributed by atoms with E-state index >= 15 is 0 Å². The fourth-order valence-electron chi connectivity index (χ4n) is 3.15. The van der Waals surface area contributed by atoms with Gasteiger partial charge >= 0.3 is 0 Å². The van der Waals surface area contributed by atoms with E-state index in [1.807, 2.05) is 30.3 Å². The second kappa shape index (κ2) is 8.41. The number of sulfonamides is 1. The summed E-state index contributed by atoms with van der Waals surface area (Å²) < 4.78 is 25.9. The molecule has 3 aromatic rings. The van der Waals surface area contributed by atoms with Gasteiger partial charge < -0.3 is 10.6 Å². The van der Waals surface area contributed by atoms with Gasteiger partial charge in [0.2, 0.25) is 5.91 Å². The molecule has 4 rings (SSSR count). The zero-order valence-electron chi connectivity index (χ0n) is 17.2. The van der Waals surface area contributed by atoms with Crippen molar-refractivity contribution in [1.29, 1.82) is 0 Å². The van der Waals surface area contributed by atoms with E-state index in [2.05, 4.69) is 10.6 Å². The van der Waals surface area contributed by atoms with Gasteiger partial charge in [-0.3, -0.25) is 9.59 Å². The van der Waals surface area contributed by atoms with Gasteiger partial charge in [-0.05, 0) is 47.9 Å². The highest BCUT2D eigenvalue weighted by Gasteiger charge is 2.30. The third-order valence-electron chi connectivity index (χ3n) is 5.13. The average Bonchev–Trinajstić information content (AvgIpc) is 3.49. The van der Waals surface area contributed by atoms with Crippen LogP contribution in [0.1, 0.15) is 28.1 Å². The van der Waals surface area contributed by atoms with E-state index in [9.17, 15) is 18.0 Å². The van der Waals surface area contributed by atoms with Crippen LogP contribution in [0.4, 0.5) is 5.69 Å². The summed E-state index contributed by atoms with van der Waals surface area (Å²) in [5, 5.41) is 7.57. The molecule has 0 aliphatic heterocycles. The third kappa shape index (κ3) is 4.63. The largest absolute Gasteiger partial charge is 0.347 e. The Morgan fingerprint density at radius 3 is 2.39 bits per heavy atom. The summed E-state index contributed by atoms with van der Waals surface area (Å²) >= 11 is 1.12. The van der Waals surface area contributed by atoms with Gasteiger partial charge in [-0.1, -0.05) is 24.3 Å². The second-order valence-electron chi connectivity index (χ2n) is 7.70. The van der Waals surface area contributed by atoms with Crippen molar-refractivity contribution in [3.8, 4) is 0 Å². The Kier molecular flexibility index (Phi) is 5.83. The van der Waals surface area contributed by atoms with Crippen molar-refractivity contribution in [2.45, 2.75) is 23.6 Å². The van der Waals surface area contributed by atoms with Crippen molar-refractivity contribution in [2.75, 3.05) is 19.4 Å². The maximum Gasteiger partial charge on any atom is 0.253 e. The monoisotopic (exact) mass is 457 g/mol. The van der Waals surface area contributed by atoms with Crippen LogP contribution < -0.4 is 10.6 Å². The molecule has 1 fully saturated rings. The molecule has 1 aromatic heterocycles. The first-order valence-corrected chi connectivity index (χ1v) is 12.1. The Labute approximate surface area is 185 Å². The molecule has 0 radical (unpaired) electrons. The average molecular weight is 458 g/mol. The van der Waals surface area contributed by atoms with Gasteiger partial charge in [-0.2, -0.15) is 0 Å². The van der Waals surface area contributed by atoms with E-state index in [-0.39, 0.29) is 28.5 Å². The number of nitrogens with one attached hydrogen (secondary N) is 2. The maximum absolute atomic E-state index is 13.0. The van der Waals surface area contributed by atoms with Gasteiger partial charge in [0.25, 0.3) is 15.9 Å². The molecule has 0 unspecified atom stereocenters. The number of fused-ring (bicyclic) bond motifs is 1. The molecular formula is C22H23N3O4S2. The van der Waals surface area contributed by atoms with Gasteiger partial charge in [0, 0.05) is 24.9 Å². The topological polar surface area (TPSA) is 95.6 Å². The second-order valence-corrected chi connectivity index (χ2v) is 11.2. The first-order valence-electron chi connectivity index (χ1n) is 9.89. The van der Waals surface area contributed by atoms with Crippen LogP contribution in [-0.2, 0) is 21.4 Å². The predicted molar refractivity (Wildman–Crippen MR) is 122 cm³/mol. The van der Waals surface area contributed by atoms with Crippen LogP contribution in [0.2, 0.25) is 0 Å². The zero-order chi connectivity index (χ0) is 22.2. The normalized spacial score (nSPS) is 14.0. The molecule has 2 aromatic carbocycles. The summed E-state index contributed by atoms with van der Waals surface area (Å²) in [5.41, 5.74) is 0.862. The Hall–Kier alpha value is -2.75.